The molecule has 2 saturated heterocycles. The minimum atomic E-state index is -3.06. The van der Waals surface area contributed by atoms with Crippen LogP contribution in [0.5, 0.6) is 0 Å². The summed E-state index contributed by atoms with van der Waals surface area (Å²) in [6.07, 6.45) is 4.69. The number of piperazine rings is 1. The second-order valence-corrected chi connectivity index (χ2v) is 8.40. The number of likely N-dealkylation sites (tertiary alicyclic amines) is 1. The van der Waals surface area contributed by atoms with Crippen molar-refractivity contribution in [3.8, 4) is 0 Å². The lowest BCUT2D eigenvalue weighted by Crippen LogP contribution is -2.64. The molecule has 0 bridgehead atoms. The van der Waals surface area contributed by atoms with Gasteiger partial charge < -0.3 is 10.6 Å². The molecular formula is C14H30N4O2S. The van der Waals surface area contributed by atoms with Crippen LogP contribution in [0.4, 0.5) is 0 Å². The van der Waals surface area contributed by atoms with Crippen LogP contribution in [0.3, 0.4) is 0 Å². The Morgan fingerprint density at radius 1 is 1.05 bits per heavy atom. The summed E-state index contributed by atoms with van der Waals surface area (Å²) in [7, 11) is -3.06. The zero-order valence-electron chi connectivity index (χ0n) is 13.4. The Kier molecular flexibility index (Phi) is 5.65. The monoisotopic (exact) mass is 318 g/mol. The minimum Gasteiger partial charge on any atom is -0.329 e. The van der Waals surface area contributed by atoms with Crippen molar-refractivity contribution in [3.05, 3.63) is 0 Å². The summed E-state index contributed by atoms with van der Waals surface area (Å²) in [5, 5.41) is 0. The summed E-state index contributed by atoms with van der Waals surface area (Å²) in [6, 6.07) is 0. The second kappa shape index (κ2) is 6.91. The third-order valence-electron chi connectivity index (χ3n) is 5.09. The number of piperidine rings is 1. The van der Waals surface area contributed by atoms with Crippen molar-refractivity contribution in [2.45, 2.75) is 31.7 Å². The topological polar surface area (TPSA) is 69.9 Å². The average Bonchev–Trinajstić information content (AvgIpc) is 2.48. The van der Waals surface area contributed by atoms with E-state index in [9.17, 15) is 8.42 Å². The van der Waals surface area contributed by atoms with E-state index in [4.69, 9.17) is 5.73 Å². The Balaban J connectivity index is 1.94. The molecule has 0 aromatic rings. The van der Waals surface area contributed by atoms with Gasteiger partial charge in [-0.05, 0) is 38.9 Å². The molecule has 2 heterocycles. The van der Waals surface area contributed by atoms with Gasteiger partial charge >= 0.3 is 0 Å². The van der Waals surface area contributed by atoms with E-state index in [-0.39, 0.29) is 5.54 Å². The van der Waals surface area contributed by atoms with E-state index in [1.807, 2.05) is 0 Å². The number of nitrogens with zero attached hydrogens (tertiary/aromatic N) is 3. The Labute approximate surface area is 129 Å². The molecule has 0 spiro atoms. The smallest absolute Gasteiger partial charge is 0.211 e. The summed E-state index contributed by atoms with van der Waals surface area (Å²) in [5.41, 5.74) is 6.19. The molecule has 0 saturated carbocycles. The van der Waals surface area contributed by atoms with Crippen LogP contribution in [-0.2, 0) is 10.0 Å². The highest BCUT2D eigenvalue weighted by Gasteiger charge is 2.40. The van der Waals surface area contributed by atoms with E-state index in [2.05, 4.69) is 16.7 Å². The summed E-state index contributed by atoms with van der Waals surface area (Å²) in [6.45, 7) is 9.08. The molecule has 2 N–H and O–H groups in total. The largest absolute Gasteiger partial charge is 0.329 e. The predicted octanol–water partition coefficient (Wildman–Crippen LogP) is -0.233. The van der Waals surface area contributed by atoms with Gasteiger partial charge in [0.05, 0.1) is 6.26 Å². The number of hydrogen-bond donors (Lipinski definition) is 1. The highest BCUT2D eigenvalue weighted by Crippen LogP contribution is 2.29. The first-order chi connectivity index (χ1) is 9.91. The van der Waals surface area contributed by atoms with Crippen LogP contribution >= 0.6 is 0 Å². The highest BCUT2D eigenvalue weighted by molar-refractivity contribution is 7.88. The van der Waals surface area contributed by atoms with Crippen LogP contribution in [-0.4, -0.2) is 86.7 Å². The first-order valence-corrected chi connectivity index (χ1v) is 9.89. The van der Waals surface area contributed by atoms with Crippen molar-refractivity contribution in [1.82, 2.24) is 14.1 Å². The lowest BCUT2D eigenvalue weighted by Gasteiger charge is -2.50. The molecule has 2 aliphatic rings. The molecule has 0 atom stereocenters. The van der Waals surface area contributed by atoms with Gasteiger partial charge in [0, 0.05) is 38.3 Å². The highest BCUT2D eigenvalue weighted by atomic mass is 32.2. The molecule has 2 fully saturated rings. The Bertz CT molecular complexity index is 424. The van der Waals surface area contributed by atoms with Crippen LogP contribution in [0.1, 0.15) is 26.2 Å². The van der Waals surface area contributed by atoms with Crippen molar-refractivity contribution in [2.24, 2.45) is 5.73 Å². The number of sulfonamides is 1. The fourth-order valence-corrected chi connectivity index (χ4v) is 4.48. The van der Waals surface area contributed by atoms with Gasteiger partial charge in [0.15, 0.2) is 0 Å². The normalized spacial score (nSPS) is 26.0. The van der Waals surface area contributed by atoms with Gasteiger partial charge in [-0.1, -0.05) is 6.92 Å². The molecular weight excluding hydrogens is 288 g/mol. The summed E-state index contributed by atoms with van der Waals surface area (Å²) in [5.74, 6) is 0. The zero-order chi connectivity index (χ0) is 15.5. The summed E-state index contributed by atoms with van der Waals surface area (Å²) < 4.78 is 24.8. The fraction of sp³-hybridized carbons (Fsp3) is 1.00. The van der Waals surface area contributed by atoms with Gasteiger partial charge in [-0.3, -0.25) is 4.90 Å². The molecule has 124 valence electrons. The lowest BCUT2D eigenvalue weighted by molar-refractivity contribution is 0.00752. The molecule has 0 radical (unpaired) electrons. The van der Waals surface area contributed by atoms with Crippen LogP contribution < -0.4 is 5.73 Å². The molecule has 2 rings (SSSR count). The SMILES string of the molecule is CCCN1CCC(CN)(N2CCN(S(C)(=O)=O)CC2)CC1. The van der Waals surface area contributed by atoms with Crippen molar-refractivity contribution >= 4 is 10.0 Å². The third kappa shape index (κ3) is 3.96. The van der Waals surface area contributed by atoms with E-state index < -0.39 is 10.0 Å². The number of rotatable bonds is 5. The molecule has 0 aromatic carbocycles. The maximum Gasteiger partial charge on any atom is 0.211 e. The molecule has 0 aliphatic carbocycles. The van der Waals surface area contributed by atoms with Gasteiger partial charge in [-0.25, -0.2) is 8.42 Å². The van der Waals surface area contributed by atoms with Gasteiger partial charge in [-0.15, -0.1) is 0 Å². The molecule has 0 unspecified atom stereocenters. The summed E-state index contributed by atoms with van der Waals surface area (Å²) >= 11 is 0. The van der Waals surface area contributed by atoms with E-state index in [1.54, 1.807) is 4.31 Å². The Morgan fingerprint density at radius 3 is 2.05 bits per heavy atom. The van der Waals surface area contributed by atoms with Crippen molar-refractivity contribution in [3.63, 3.8) is 0 Å². The van der Waals surface area contributed by atoms with Crippen molar-refractivity contribution in [1.29, 1.82) is 0 Å². The van der Waals surface area contributed by atoms with Crippen LogP contribution in [0, 0.1) is 0 Å². The van der Waals surface area contributed by atoms with Gasteiger partial charge in [0.2, 0.25) is 10.0 Å². The average molecular weight is 318 g/mol. The van der Waals surface area contributed by atoms with Gasteiger partial charge in [0.25, 0.3) is 0 Å². The molecule has 21 heavy (non-hydrogen) atoms. The van der Waals surface area contributed by atoms with Crippen LogP contribution in [0.25, 0.3) is 0 Å². The minimum absolute atomic E-state index is 0.0772. The Hall–Kier alpha value is -0.210. The molecule has 7 heteroatoms. The molecule has 6 nitrogen and oxygen atoms in total. The molecule has 0 amide bonds. The van der Waals surface area contributed by atoms with Crippen LogP contribution in [0.2, 0.25) is 0 Å². The first-order valence-electron chi connectivity index (χ1n) is 8.04. The van der Waals surface area contributed by atoms with Crippen molar-refractivity contribution in [2.75, 3.05) is 58.6 Å². The van der Waals surface area contributed by atoms with E-state index in [1.165, 1.54) is 19.2 Å². The number of hydrogen-bond acceptors (Lipinski definition) is 5. The third-order valence-corrected chi connectivity index (χ3v) is 6.39. The Morgan fingerprint density at radius 2 is 1.62 bits per heavy atom. The zero-order valence-corrected chi connectivity index (χ0v) is 14.2. The van der Waals surface area contributed by atoms with Crippen LogP contribution in [0.15, 0.2) is 0 Å². The molecule has 2 aliphatic heterocycles. The van der Waals surface area contributed by atoms with Crippen molar-refractivity contribution < 1.29 is 8.42 Å². The fourth-order valence-electron chi connectivity index (χ4n) is 3.65. The summed E-state index contributed by atoms with van der Waals surface area (Å²) in [4.78, 5) is 4.96. The predicted molar refractivity (Wildman–Crippen MR) is 85.7 cm³/mol. The van der Waals surface area contributed by atoms with E-state index in [0.29, 0.717) is 19.6 Å². The van der Waals surface area contributed by atoms with Gasteiger partial charge in [0.1, 0.15) is 0 Å². The quantitative estimate of drug-likeness (QED) is 0.758. The molecule has 0 aromatic heterocycles. The standard InChI is InChI=1S/C14H30N4O2S/c1-3-6-16-7-4-14(13-15,5-8-16)17-9-11-18(12-10-17)21(2,19)20/h3-13,15H2,1-2H3. The van der Waals surface area contributed by atoms with E-state index in [0.717, 1.165) is 39.0 Å². The van der Waals surface area contributed by atoms with Gasteiger partial charge in [-0.2, -0.15) is 4.31 Å². The second-order valence-electron chi connectivity index (χ2n) is 6.42. The maximum atomic E-state index is 11.6. The number of nitrogens with two attached hydrogens (primary N) is 1. The first kappa shape index (κ1) is 17.1. The van der Waals surface area contributed by atoms with E-state index >= 15 is 0 Å². The maximum absolute atomic E-state index is 11.6. The lowest BCUT2D eigenvalue weighted by atomic mass is 9.85.